The van der Waals surface area contributed by atoms with Crippen LogP contribution in [0, 0.1) is 11.7 Å². The van der Waals surface area contributed by atoms with Crippen molar-refractivity contribution in [2.45, 2.75) is 25.8 Å². The molecule has 1 aliphatic heterocycles. The van der Waals surface area contributed by atoms with E-state index in [1.807, 2.05) is 6.92 Å². The summed E-state index contributed by atoms with van der Waals surface area (Å²) >= 11 is 0. The highest BCUT2D eigenvalue weighted by Crippen LogP contribution is 2.20. The van der Waals surface area contributed by atoms with Gasteiger partial charge >= 0.3 is 0 Å². The number of para-hydroxylation sites is 1. The molecule has 122 valence electrons. The number of rotatable bonds is 3. The minimum Gasteiger partial charge on any atom is -0.337 e. The summed E-state index contributed by atoms with van der Waals surface area (Å²) in [5, 5.41) is 4.24. The molecule has 5 nitrogen and oxygen atoms in total. The molecule has 2 unspecified atom stereocenters. The number of benzene rings is 1. The lowest BCUT2D eigenvalue weighted by Gasteiger charge is -2.34. The molecular formula is C17H21FN4O. The Morgan fingerprint density at radius 3 is 2.91 bits per heavy atom. The van der Waals surface area contributed by atoms with Gasteiger partial charge in [0.15, 0.2) is 5.69 Å². The third-order valence-electron chi connectivity index (χ3n) is 4.40. The standard InChI is InChI=1S/C17H21FN4O/c1-12(19)13-5-4-9-21(11-13)17(23)15-8-10-22(20-15)16-7-3-2-6-14(16)18/h2-3,6-8,10,12-13H,4-5,9,11,19H2,1H3. The van der Waals surface area contributed by atoms with E-state index in [0.29, 0.717) is 30.4 Å². The van der Waals surface area contributed by atoms with Crippen LogP contribution in [0.15, 0.2) is 36.5 Å². The Bertz CT molecular complexity index is 697. The molecule has 1 aromatic carbocycles. The number of hydrogen-bond donors (Lipinski definition) is 1. The zero-order chi connectivity index (χ0) is 16.4. The van der Waals surface area contributed by atoms with Gasteiger partial charge in [-0.05, 0) is 43.9 Å². The third kappa shape index (κ3) is 3.27. The Morgan fingerprint density at radius 2 is 2.17 bits per heavy atom. The molecule has 2 atom stereocenters. The van der Waals surface area contributed by atoms with Crippen LogP contribution in [0.2, 0.25) is 0 Å². The molecule has 0 aliphatic carbocycles. The largest absolute Gasteiger partial charge is 0.337 e. The maximum Gasteiger partial charge on any atom is 0.274 e. The summed E-state index contributed by atoms with van der Waals surface area (Å²) in [6, 6.07) is 8.06. The highest BCUT2D eigenvalue weighted by Gasteiger charge is 2.27. The van der Waals surface area contributed by atoms with Crippen molar-refractivity contribution in [1.82, 2.24) is 14.7 Å². The average molecular weight is 316 g/mol. The Labute approximate surface area is 134 Å². The van der Waals surface area contributed by atoms with Crippen molar-refractivity contribution >= 4 is 5.91 Å². The lowest BCUT2D eigenvalue weighted by molar-refractivity contribution is 0.0654. The molecule has 1 aromatic heterocycles. The minimum absolute atomic E-state index is 0.0709. The second kappa shape index (κ2) is 6.50. The molecule has 0 spiro atoms. The smallest absolute Gasteiger partial charge is 0.274 e. The first kappa shape index (κ1) is 15.7. The molecule has 2 heterocycles. The van der Waals surface area contributed by atoms with Crippen molar-refractivity contribution in [3.05, 3.63) is 48.0 Å². The van der Waals surface area contributed by atoms with Crippen LogP contribution in [0.25, 0.3) is 5.69 Å². The minimum atomic E-state index is -0.371. The van der Waals surface area contributed by atoms with Gasteiger partial charge in [0.25, 0.3) is 5.91 Å². The molecule has 1 amide bonds. The number of amides is 1. The van der Waals surface area contributed by atoms with Gasteiger partial charge in [0.05, 0.1) is 0 Å². The van der Waals surface area contributed by atoms with Crippen molar-refractivity contribution < 1.29 is 9.18 Å². The van der Waals surface area contributed by atoms with Gasteiger partial charge in [0, 0.05) is 25.3 Å². The summed E-state index contributed by atoms with van der Waals surface area (Å²) in [6.07, 6.45) is 3.61. The SMILES string of the molecule is CC(N)C1CCCN(C(=O)c2ccn(-c3ccccc3F)n2)C1. The van der Waals surface area contributed by atoms with Crippen molar-refractivity contribution in [1.29, 1.82) is 0 Å². The predicted molar refractivity (Wildman–Crippen MR) is 85.8 cm³/mol. The summed E-state index contributed by atoms with van der Waals surface area (Å²) in [7, 11) is 0. The van der Waals surface area contributed by atoms with Crippen LogP contribution in [-0.4, -0.2) is 39.7 Å². The van der Waals surface area contributed by atoms with E-state index in [2.05, 4.69) is 5.10 Å². The van der Waals surface area contributed by atoms with E-state index in [4.69, 9.17) is 5.73 Å². The monoisotopic (exact) mass is 316 g/mol. The fourth-order valence-corrected chi connectivity index (χ4v) is 3.00. The van der Waals surface area contributed by atoms with E-state index in [-0.39, 0.29) is 17.8 Å². The summed E-state index contributed by atoms with van der Waals surface area (Å²) in [4.78, 5) is 14.4. The first-order valence-corrected chi connectivity index (χ1v) is 7.91. The van der Waals surface area contributed by atoms with Crippen LogP contribution >= 0.6 is 0 Å². The predicted octanol–water partition coefficient (Wildman–Crippen LogP) is 2.21. The van der Waals surface area contributed by atoms with Gasteiger partial charge in [-0.2, -0.15) is 5.10 Å². The summed E-state index contributed by atoms with van der Waals surface area (Å²) in [5.74, 6) is -0.170. The van der Waals surface area contributed by atoms with Gasteiger partial charge in [-0.15, -0.1) is 0 Å². The molecule has 0 radical (unpaired) electrons. The highest BCUT2D eigenvalue weighted by atomic mass is 19.1. The quantitative estimate of drug-likeness (QED) is 0.944. The van der Waals surface area contributed by atoms with E-state index in [0.717, 1.165) is 12.8 Å². The molecule has 6 heteroatoms. The van der Waals surface area contributed by atoms with Crippen LogP contribution in [0.4, 0.5) is 4.39 Å². The molecule has 1 aliphatic rings. The molecule has 3 rings (SSSR count). The fourth-order valence-electron chi connectivity index (χ4n) is 3.00. The molecule has 0 bridgehead atoms. The number of likely N-dealkylation sites (tertiary alicyclic amines) is 1. The van der Waals surface area contributed by atoms with Crippen LogP contribution in [0.1, 0.15) is 30.3 Å². The van der Waals surface area contributed by atoms with Gasteiger partial charge in [0.1, 0.15) is 11.5 Å². The van der Waals surface area contributed by atoms with Gasteiger partial charge in [-0.3, -0.25) is 4.79 Å². The number of nitrogens with zero attached hydrogens (tertiary/aromatic N) is 3. The van der Waals surface area contributed by atoms with Crippen molar-refractivity contribution in [2.24, 2.45) is 11.7 Å². The van der Waals surface area contributed by atoms with Crippen LogP contribution in [-0.2, 0) is 0 Å². The molecule has 23 heavy (non-hydrogen) atoms. The topological polar surface area (TPSA) is 64.2 Å². The highest BCUT2D eigenvalue weighted by molar-refractivity contribution is 5.92. The van der Waals surface area contributed by atoms with Crippen molar-refractivity contribution in [3.63, 3.8) is 0 Å². The van der Waals surface area contributed by atoms with Crippen LogP contribution < -0.4 is 5.73 Å². The number of aromatic nitrogens is 2. The average Bonchev–Trinajstić information content (AvgIpc) is 3.04. The number of piperidine rings is 1. The molecule has 1 fully saturated rings. The maximum absolute atomic E-state index is 13.8. The van der Waals surface area contributed by atoms with Crippen molar-refractivity contribution in [3.8, 4) is 5.69 Å². The van der Waals surface area contributed by atoms with Crippen molar-refractivity contribution in [2.75, 3.05) is 13.1 Å². The maximum atomic E-state index is 13.8. The van der Waals surface area contributed by atoms with E-state index >= 15 is 0 Å². The molecule has 2 N–H and O–H groups in total. The number of nitrogens with two attached hydrogens (primary N) is 1. The number of halogens is 1. The normalized spacial score (nSPS) is 19.6. The van der Waals surface area contributed by atoms with Gasteiger partial charge in [-0.1, -0.05) is 12.1 Å². The van der Waals surface area contributed by atoms with Gasteiger partial charge in [0.2, 0.25) is 0 Å². The molecule has 1 saturated heterocycles. The van der Waals surface area contributed by atoms with E-state index in [1.54, 1.807) is 35.4 Å². The Kier molecular flexibility index (Phi) is 4.43. The second-order valence-electron chi connectivity index (χ2n) is 6.11. The molecule has 0 saturated carbocycles. The number of hydrogen-bond acceptors (Lipinski definition) is 3. The summed E-state index contributed by atoms with van der Waals surface area (Å²) in [5.41, 5.74) is 6.63. The lowest BCUT2D eigenvalue weighted by Crippen LogP contribution is -2.45. The van der Waals surface area contributed by atoms with E-state index in [1.165, 1.54) is 10.7 Å². The fraction of sp³-hybridized carbons (Fsp3) is 0.412. The molecule has 2 aromatic rings. The Hall–Kier alpha value is -2.21. The number of carbonyl (C=O) groups excluding carboxylic acids is 1. The zero-order valence-electron chi connectivity index (χ0n) is 13.2. The van der Waals surface area contributed by atoms with Gasteiger partial charge in [-0.25, -0.2) is 9.07 Å². The first-order chi connectivity index (χ1) is 11.1. The van der Waals surface area contributed by atoms with E-state index < -0.39 is 0 Å². The van der Waals surface area contributed by atoms with Crippen LogP contribution in [0.3, 0.4) is 0 Å². The Morgan fingerprint density at radius 1 is 1.39 bits per heavy atom. The Balaban J connectivity index is 1.78. The van der Waals surface area contributed by atoms with Crippen LogP contribution in [0.5, 0.6) is 0 Å². The zero-order valence-corrected chi connectivity index (χ0v) is 13.2. The first-order valence-electron chi connectivity index (χ1n) is 7.91. The lowest BCUT2D eigenvalue weighted by atomic mass is 9.92. The third-order valence-corrected chi connectivity index (χ3v) is 4.40. The second-order valence-corrected chi connectivity index (χ2v) is 6.11. The summed E-state index contributed by atoms with van der Waals surface area (Å²) in [6.45, 7) is 3.35. The summed E-state index contributed by atoms with van der Waals surface area (Å²) < 4.78 is 15.2. The van der Waals surface area contributed by atoms with E-state index in [9.17, 15) is 9.18 Å². The number of carbonyl (C=O) groups is 1. The van der Waals surface area contributed by atoms with Gasteiger partial charge < -0.3 is 10.6 Å². The molecular weight excluding hydrogens is 295 g/mol.